The monoisotopic (exact) mass is 396 g/mol. The molecule has 140 valence electrons. The second-order valence-electron chi connectivity index (χ2n) is 5.24. The Morgan fingerprint density at radius 3 is 2.81 bits per heavy atom. The number of ether oxygens (including phenoxy) is 1. The van der Waals surface area contributed by atoms with Crippen molar-refractivity contribution >= 4 is 40.1 Å². The minimum atomic E-state index is -0.321. The van der Waals surface area contributed by atoms with Crippen molar-refractivity contribution in [3.8, 4) is 0 Å². The van der Waals surface area contributed by atoms with Crippen LogP contribution in [0.15, 0.2) is 16.0 Å². The van der Waals surface area contributed by atoms with Crippen LogP contribution in [0, 0.1) is 6.92 Å². The number of carbonyl (C=O) groups is 2. The average molecular weight is 396 g/mol. The third-order valence-corrected chi connectivity index (χ3v) is 5.17. The van der Waals surface area contributed by atoms with Gasteiger partial charge in [0, 0.05) is 16.6 Å². The maximum Gasteiger partial charge on any atom is 0.311 e. The van der Waals surface area contributed by atoms with Crippen molar-refractivity contribution in [1.82, 2.24) is 15.0 Å². The maximum atomic E-state index is 12.1. The molecular weight excluding hydrogens is 376 g/mol. The number of anilines is 1. The summed E-state index contributed by atoms with van der Waals surface area (Å²) in [6.07, 6.45) is 0.780. The van der Waals surface area contributed by atoms with Crippen molar-refractivity contribution in [2.24, 2.45) is 0 Å². The van der Waals surface area contributed by atoms with E-state index in [9.17, 15) is 14.4 Å². The number of H-pyrrole nitrogens is 1. The number of esters is 1. The van der Waals surface area contributed by atoms with Crippen LogP contribution in [0.3, 0.4) is 0 Å². The molecule has 26 heavy (non-hydrogen) atoms. The van der Waals surface area contributed by atoms with E-state index in [1.165, 1.54) is 17.4 Å². The van der Waals surface area contributed by atoms with E-state index in [1.54, 1.807) is 13.8 Å². The molecule has 2 aromatic rings. The van der Waals surface area contributed by atoms with Crippen molar-refractivity contribution in [3.63, 3.8) is 0 Å². The number of carbonyl (C=O) groups excluding carboxylic acids is 2. The van der Waals surface area contributed by atoms with E-state index in [0.717, 1.165) is 16.6 Å². The van der Waals surface area contributed by atoms with E-state index in [4.69, 9.17) is 4.74 Å². The summed E-state index contributed by atoms with van der Waals surface area (Å²) in [5, 5.41) is 3.53. The molecule has 0 bridgehead atoms. The van der Waals surface area contributed by atoms with Crippen molar-refractivity contribution in [2.75, 3.05) is 17.7 Å². The highest BCUT2D eigenvalue weighted by atomic mass is 32.2. The molecule has 0 spiro atoms. The second-order valence-corrected chi connectivity index (χ2v) is 7.29. The third-order valence-electron chi connectivity index (χ3n) is 3.22. The molecule has 0 aromatic carbocycles. The Kier molecular flexibility index (Phi) is 7.34. The predicted octanol–water partition coefficient (Wildman–Crippen LogP) is 1.93. The van der Waals surface area contributed by atoms with Gasteiger partial charge in [-0.3, -0.25) is 14.4 Å². The van der Waals surface area contributed by atoms with Crippen LogP contribution in [0.5, 0.6) is 0 Å². The summed E-state index contributed by atoms with van der Waals surface area (Å²) in [6, 6.07) is 1.44. The van der Waals surface area contributed by atoms with Crippen LogP contribution in [-0.2, 0) is 27.2 Å². The van der Waals surface area contributed by atoms with Gasteiger partial charge < -0.3 is 15.0 Å². The first-order valence-electron chi connectivity index (χ1n) is 8.06. The van der Waals surface area contributed by atoms with Gasteiger partial charge in [0.2, 0.25) is 5.91 Å². The fourth-order valence-corrected chi connectivity index (χ4v) is 3.67. The minimum absolute atomic E-state index is 0.0853. The number of aromatic nitrogens is 3. The number of aryl methyl sites for hydroxylation is 2. The van der Waals surface area contributed by atoms with E-state index < -0.39 is 0 Å². The first-order valence-corrected chi connectivity index (χ1v) is 9.86. The molecule has 0 aliphatic carbocycles. The van der Waals surface area contributed by atoms with Crippen molar-refractivity contribution in [3.05, 3.63) is 32.7 Å². The standard InChI is InChI=1S/C16H20N4O4S2/c1-4-10-6-12(21)19-15(18-10)25-8-13(22)20-16-17-9(3)11(26-16)7-14(23)24-5-2/h6H,4-5,7-8H2,1-3H3,(H,17,20,22)(H,18,19,21). The first kappa shape index (κ1) is 20.1. The zero-order valence-electron chi connectivity index (χ0n) is 14.7. The lowest BCUT2D eigenvalue weighted by Crippen LogP contribution is -2.15. The highest BCUT2D eigenvalue weighted by Crippen LogP contribution is 2.24. The second kappa shape index (κ2) is 9.48. The Morgan fingerprint density at radius 2 is 2.12 bits per heavy atom. The lowest BCUT2D eigenvalue weighted by atomic mass is 10.3. The van der Waals surface area contributed by atoms with Gasteiger partial charge in [-0.05, 0) is 20.3 Å². The first-order chi connectivity index (χ1) is 12.4. The van der Waals surface area contributed by atoms with Crippen molar-refractivity contribution < 1.29 is 14.3 Å². The molecule has 0 aliphatic heterocycles. The molecule has 2 rings (SSSR count). The van der Waals surface area contributed by atoms with Gasteiger partial charge in [0.05, 0.1) is 24.5 Å². The lowest BCUT2D eigenvalue weighted by molar-refractivity contribution is -0.142. The summed E-state index contributed by atoms with van der Waals surface area (Å²) in [7, 11) is 0. The normalized spacial score (nSPS) is 10.6. The number of thiazole rings is 1. The Labute approximate surface area is 158 Å². The maximum absolute atomic E-state index is 12.1. The summed E-state index contributed by atoms with van der Waals surface area (Å²) in [6.45, 7) is 5.76. The van der Waals surface area contributed by atoms with Gasteiger partial charge >= 0.3 is 5.97 Å². The van der Waals surface area contributed by atoms with Crippen LogP contribution in [-0.4, -0.2) is 39.2 Å². The molecular formula is C16H20N4O4S2. The number of hydrogen-bond acceptors (Lipinski definition) is 8. The number of thioether (sulfide) groups is 1. The van der Waals surface area contributed by atoms with E-state index in [2.05, 4.69) is 20.3 Å². The fourth-order valence-electron chi connectivity index (χ4n) is 2.01. The number of hydrogen-bond donors (Lipinski definition) is 2. The van der Waals surface area contributed by atoms with E-state index in [0.29, 0.717) is 34.7 Å². The molecule has 2 N–H and O–H groups in total. The molecule has 0 fully saturated rings. The van der Waals surface area contributed by atoms with Gasteiger partial charge in [-0.15, -0.1) is 11.3 Å². The van der Waals surface area contributed by atoms with Gasteiger partial charge in [-0.1, -0.05) is 18.7 Å². The Bertz CT molecular complexity index is 847. The number of nitrogens with one attached hydrogen (secondary N) is 2. The van der Waals surface area contributed by atoms with Gasteiger partial charge in [0.25, 0.3) is 5.56 Å². The number of amides is 1. The summed E-state index contributed by atoms with van der Waals surface area (Å²) < 4.78 is 4.92. The zero-order chi connectivity index (χ0) is 19.1. The van der Waals surface area contributed by atoms with Crippen LogP contribution in [0.1, 0.15) is 30.1 Å². The molecule has 1 amide bonds. The highest BCUT2D eigenvalue weighted by Gasteiger charge is 2.14. The highest BCUT2D eigenvalue weighted by molar-refractivity contribution is 7.99. The quantitative estimate of drug-likeness (QED) is 0.398. The van der Waals surface area contributed by atoms with Crippen molar-refractivity contribution in [2.45, 2.75) is 38.8 Å². The van der Waals surface area contributed by atoms with Crippen LogP contribution < -0.4 is 10.9 Å². The average Bonchev–Trinajstić information content (AvgIpc) is 2.91. The smallest absolute Gasteiger partial charge is 0.311 e. The Balaban J connectivity index is 1.93. The molecule has 0 radical (unpaired) electrons. The Morgan fingerprint density at radius 1 is 1.35 bits per heavy atom. The van der Waals surface area contributed by atoms with Gasteiger partial charge in [0.1, 0.15) is 0 Å². The molecule has 2 heterocycles. The summed E-state index contributed by atoms with van der Waals surface area (Å²) in [4.78, 5) is 47.1. The largest absolute Gasteiger partial charge is 0.466 e. The van der Waals surface area contributed by atoms with Crippen LogP contribution in [0.4, 0.5) is 5.13 Å². The van der Waals surface area contributed by atoms with Crippen LogP contribution in [0.2, 0.25) is 0 Å². The number of nitrogens with zero attached hydrogens (tertiary/aromatic N) is 2. The number of aromatic amines is 1. The van der Waals surface area contributed by atoms with Crippen molar-refractivity contribution in [1.29, 1.82) is 0 Å². The molecule has 8 nitrogen and oxygen atoms in total. The summed E-state index contributed by atoms with van der Waals surface area (Å²) in [5.74, 6) is -0.503. The summed E-state index contributed by atoms with van der Waals surface area (Å²) in [5.41, 5.74) is 1.13. The predicted molar refractivity (Wildman–Crippen MR) is 101 cm³/mol. The Hall–Kier alpha value is -2.20. The topological polar surface area (TPSA) is 114 Å². The van der Waals surface area contributed by atoms with E-state index in [1.807, 2.05) is 6.92 Å². The molecule has 0 unspecified atom stereocenters. The minimum Gasteiger partial charge on any atom is -0.466 e. The molecule has 0 saturated carbocycles. The summed E-state index contributed by atoms with van der Waals surface area (Å²) >= 11 is 2.39. The van der Waals surface area contributed by atoms with Crippen LogP contribution in [0.25, 0.3) is 0 Å². The molecule has 0 aliphatic rings. The van der Waals surface area contributed by atoms with E-state index >= 15 is 0 Å². The van der Waals surface area contributed by atoms with Gasteiger partial charge in [-0.2, -0.15) is 0 Å². The third kappa shape index (κ3) is 5.95. The van der Waals surface area contributed by atoms with Crippen LogP contribution >= 0.6 is 23.1 Å². The lowest BCUT2D eigenvalue weighted by Gasteiger charge is -2.03. The zero-order valence-corrected chi connectivity index (χ0v) is 16.4. The van der Waals surface area contributed by atoms with Gasteiger partial charge in [-0.25, -0.2) is 9.97 Å². The van der Waals surface area contributed by atoms with E-state index in [-0.39, 0.29) is 29.6 Å². The van der Waals surface area contributed by atoms with Gasteiger partial charge in [0.15, 0.2) is 10.3 Å². The molecule has 10 heteroatoms. The SMILES string of the molecule is CCOC(=O)Cc1sc(NC(=O)CSc2nc(CC)cc(=O)[nH]2)nc1C. The fraction of sp³-hybridized carbons (Fsp3) is 0.438. The molecule has 0 atom stereocenters. The molecule has 0 saturated heterocycles. The number of rotatable bonds is 8. The molecule has 2 aromatic heterocycles.